The van der Waals surface area contributed by atoms with Crippen molar-refractivity contribution in [3.63, 3.8) is 0 Å². The minimum absolute atomic E-state index is 0.0780. The molecular formula is C14H19N3O3. The van der Waals surface area contributed by atoms with Crippen LogP contribution in [0.4, 0.5) is 0 Å². The molecule has 1 aliphatic heterocycles. The average molecular weight is 277 g/mol. The molecule has 0 bridgehead atoms. The van der Waals surface area contributed by atoms with Crippen LogP contribution in [0.2, 0.25) is 0 Å². The number of carbonyl (C=O) groups excluding carboxylic acids is 1. The van der Waals surface area contributed by atoms with Crippen molar-refractivity contribution in [2.24, 2.45) is 5.92 Å². The van der Waals surface area contributed by atoms with Crippen LogP contribution in [0.15, 0.2) is 18.3 Å². The monoisotopic (exact) mass is 277 g/mol. The van der Waals surface area contributed by atoms with E-state index in [2.05, 4.69) is 29.2 Å². The summed E-state index contributed by atoms with van der Waals surface area (Å²) < 4.78 is 0. The molecule has 1 aromatic rings. The Morgan fingerprint density at radius 3 is 2.75 bits per heavy atom. The second-order valence-electron chi connectivity index (χ2n) is 5.35. The third-order valence-corrected chi connectivity index (χ3v) is 3.67. The number of hydrogen-bond acceptors (Lipinski definition) is 4. The van der Waals surface area contributed by atoms with E-state index in [0.717, 1.165) is 19.5 Å². The van der Waals surface area contributed by atoms with Gasteiger partial charge in [-0.15, -0.1) is 0 Å². The highest BCUT2D eigenvalue weighted by atomic mass is 16.4. The van der Waals surface area contributed by atoms with Gasteiger partial charge in [0.25, 0.3) is 5.91 Å². The van der Waals surface area contributed by atoms with E-state index < -0.39 is 5.97 Å². The normalized spacial score (nSPS) is 23.3. The number of aromatic nitrogens is 1. The minimum atomic E-state index is -1.05. The third kappa shape index (κ3) is 3.33. The van der Waals surface area contributed by atoms with Crippen LogP contribution in [0.25, 0.3) is 0 Å². The van der Waals surface area contributed by atoms with E-state index in [1.165, 1.54) is 18.3 Å². The summed E-state index contributed by atoms with van der Waals surface area (Å²) in [4.78, 5) is 29.0. The summed E-state index contributed by atoms with van der Waals surface area (Å²) in [6, 6.07) is 2.97. The second kappa shape index (κ2) is 6.00. The van der Waals surface area contributed by atoms with E-state index in [1.54, 1.807) is 0 Å². The maximum atomic E-state index is 12.1. The zero-order valence-electron chi connectivity index (χ0n) is 11.7. The first-order valence-corrected chi connectivity index (χ1v) is 6.66. The van der Waals surface area contributed by atoms with Gasteiger partial charge in [0.1, 0.15) is 5.69 Å². The van der Waals surface area contributed by atoms with Crippen molar-refractivity contribution in [2.75, 3.05) is 20.1 Å². The van der Waals surface area contributed by atoms with Crippen molar-refractivity contribution in [1.82, 2.24) is 15.2 Å². The minimum Gasteiger partial charge on any atom is -0.478 e. The largest absolute Gasteiger partial charge is 0.478 e. The predicted octanol–water partition coefficient (Wildman–Crippen LogP) is 0.850. The van der Waals surface area contributed by atoms with Gasteiger partial charge in [-0.1, -0.05) is 6.92 Å². The summed E-state index contributed by atoms with van der Waals surface area (Å²) in [5.41, 5.74) is 0.329. The number of rotatable bonds is 3. The van der Waals surface area contributed by atoms with Gasteiger partial charge in [-0.25, -0.2) is 4.79 Å². The zero-order valence-corrected chi connectivity index (χ0v) is 11.7. The number of amides is 1. The highest BCUT2D eigenvalue weighted by molar-refractivity contribution is 5.93. The molecule has 0 aromatic carbocycles. The van der Waals surface area contributed by atoms with Crippen molar-refractivity contribution in [3.8, 4) is 0 Å². The maximum Gasteiger partial charge on any atom is 0.337 e. The molecule has 1 amide bonds. The Morgan fingerprint density at radius 1 is 1.45 bits per heavy atom. The second-order valence-corrected chi connectivity index (χ2v) is 5.35. The molecule has 20 heavy (non-hydrogen) atoms. The molecule has 0 radical (unpaired) electrons. The quantitative estimate of drug-likeness (QED) is 0.856. The van der Waals surface area contributed by atoms with E-state index >= 15 is 0 Å². The first-order valence-electron chi connectivity index (χ1n) is 6.66. The lowest BCUT2D eigenvalue weighted by atomic mass is 9.94. The molecule has 0 spiro atoms. The molecule has 6 heteroatoms. The molecule has 2 rings (SSSR count). The highest BCUT2D eigenvalue weighted by Crippen LogP contribution is 2.15. The van der Waals surface area contributed by atoms with E-state index in [-0.39, 0.29) is 23.2 Å². The van der Waals surface area contributed by atoms with Gasteiger partial charge in [-0.05, 0) is 38.1 Å². The molecule has 2 N–H and O–H groups in total. The molecule has 2 unspecified atom stereocenters. The van der Waals surface area contributed by atoms with Crippen LogP contribution in [-0.2, 0) is 0 Å². The number of aromatic carboxylic acids is 1. The van der Waals surface area contributed by atoms with E-state index in [0.29, 0.717) is 5.92 Å². The van der Waals surface area contributed by atoms with Gasteiger partial charge < -0.3 is 15.3 Å². The maximum absolute atomic E-state index is 12.1. The number of piperidine rings is 1. The lowest BCUT2D eigenvalue weighted by molar-refractivity contribution is 0.0695. The third-order valence-electron chi connectivity index (χ3n) is 3.67. The lowest BCUT2D eigenvalue weighted by Crippen LogP contribution is -2.49. The summed E-state index contributed by atoms with van der Waals surface area (Å²) in [7, 11) is 2.07. The van der Waals surface area contributed by atoms with Gasteiger partial charge in [0.2, 0.25) is 0 Å². The van der Waals surface area contributed by atoms with E-state index in [4.69, 9.17) is 5.11 Å². The van der Waals surface area contributed by atoms with Crippen LogP contribution in [-0.4, -0.2) is 53.0 Å². The SMILES string of the molecule is CC1CN(C)CCC1NC(=O)c1ccc(C(=O)O)cn1. The van der Waals surface area contributed by atoms with Gasteiger partial charge in [-0.2, -0.15) is 0 Å². The number of carbonyl (C=O) groups is 2. The lowest BCUT2D eigenvalue weighted by Gasteiger charge is -2.35. The van der Waals surface area contributed by atoms with Gasteiger partial charge in [0.15, 0.2) is 0 Å². The molecule has 1 fully saturated rings. The Kier molecular flexibility index (Phi) is 4.34. The molecule has 1 saturated heterocycles. The first-order chi connectivity index (χ1) is 9.47. The zero-order chi connectivity index (χ0) is 14.7. The molecule has 1 aliphatic rings. The van der Waals surface area contributed by atoms with Crippen LogP contribution in [0.5, 0.6) is 0 Å². The average Bonchev–Trinajstić information content (AvgIpc) is 2.42. The molecular weight excluding hydrogens is 258 g/mol. The van der Waals surface area contributed by atoms with Crippen molar-refractivity contribution >= 4 is 11.9 Å². The van der Waals surface area contributed by atoms with Gasteiger partial charge in [0, 0.05) is 18.8 Å². The number of hydrogen-bond donors (Lipinski definition) is 2. The Bertz CT molecular complexity index is 501. The first kappa shape index (κ1) is 14.5. The Labute approximate surface area is 117 Å². The number of likely N-dealkylation sites (tertiary alicyclic amines) is 1. The van der Waals surface area contributed by atoms with Gasteiger partial charge >= 0.3 is 5.97 Å². The highest BCUT2D eigenvalue weighted by Gasteiger charge is 2.26. The van der Waals surface area contributed by atoms with Crippen molar-refractivity contribution in [1.29, 1.82) is 0 Å². The number of carboxylic acid groups (broad SMARTS) is 1. The molecule has 0 saturated carbocycles. The van der Waals surface area contributed by atoms with Crippen LogP contribution in [0.1, 0.15) is 34.2 Å². The summed E-state index contributed by atoms with van der Waals surface area (Å²) in [6.07, 6.45) is 2.12. The van der Waals surface area contributed by atoms with Crippen molar-refractivity contribution in [3.05, 3.63) is 29.6 Å². The molecule has 2 heterocycles. The van der Waals surface area contributed by atoms with Crippen LogP contribution in [0.3, 0.4) is 0 Å². The number of nitrogens with one attached hydrogen (secondary N) is 1. The smallest absolute Gasteiger partial charge is 0.337 e. The van der Waals surface area contributed by atoms with Gasteiger partial charge in [-0.3, -0.25) is 9.78 Å². The van der Waals surface area contributed by atoms with Crippen LogP contribution >= 0.6 is 0 Å². The van der Waals surface area contributed by atoms with E-state index in [9.17, 15) is 9.59 Å². The fourth-order valence-electron chi connectivity index (χ4n) is 2.47. The fourth-order valence-corrected chi connectivity index (χ4v) is 2.47. The van der Waals surface area contributed by atoms with E-state index in [1.807, 2.05) is 0 Å². The topological polar surface area (TPSA) is 82.5 Å². The summed E-state index contributed by atoms with van der Waals surface area (Å²) >= 11 is 0. The fraction of sp³-hybridized carbons (Fsp3) is 0.500. The molecule has 6 nitrogen and oxygen atoms in total. The van der Waals surface area contributed by atoms with Crippen molar-refractivity contribution < 1.29 is 14.7 Å². The predicted molar refractivity (Wildman–Crippen MR) is 73.7 cm³/mol. The number of pyridine rings is 1. The molecule has 108 valence electrons. The van der Waals surface area contributed by atoms with Crippen LogP contribution in [0, 0.1) is 5.92 Å². The Balaban J connectivity index is 1.99. The van der Waals surface area contributed by atoms with Gasteiger partial charge in [0.05, 0.1) is 5.56 Å². The standard InChI is InChI=1S/C14H19N3O3/c1-9-8-17(2)6-5-11(9)16-13(18)12-4-3-10(7-15-12)14(19)20/h3-4,7,9,11H,5-6,8H2,1-2H3,(H,16,18)(H,19,20). The summed E-state index contributed by atoms with van der Waals surface area (Å²) in [6.45, 7) is 4.03. The molecule has 2 atom stereocenters. The Hall–Kier alpha value is -1.95. The number of carboxylic acids is 1. The summed E-state index contributed by atoms with van der Waals surface area (Å²) in [5.74, 6) is -0.910. The van der Waals surface area contributed by atoms with Crippen molar-refractivity contribution in [2.45, 2.75) is 19.4 Å². The Morgan fingerprint density at radius 2 is 2.20 bits per heavy atom. The number of nitrogens with zero attached hydrogens (tertiary/aromatic N) is 2. The molecule has 1 aromatic heterocycles. The summed E-state index contributed by atoms with van der Waals surface area (Å²) in [5, 5.41) is 11.8. The van der Waals surface area contributed by atoms with Crippen LogP contribution < -0.4 is 5.32 Å². The molecule has 0 aliphatic carbocycles.